The first kappa shape index (κ1) is 21.6. The van der Waals surface area contributed by atoms with Crippen LogP contribution in [0.25, 0.3) is 5.69 Å². The van der Waals surface area contributed by atoms with E-state index in [-0.39, 0.29) is 23.5 Å². The van der Waals surface area contributed by atoms with Crippen LogP contribution in [0.5, 0.6) is 5.75 Å². The molecule has 0 atom stereocenters. The molecule has 0 fully saturated rings. The predicted molar refractivity (Wildman–Crippen MR) is 97.8 cm³/mol. The average molecular weight is 446 g/mol. The summed E-state index contributed by atoms with van der Waals surface area (Å²) in [5.41, 5.74) is -1.77. The zero-order valence-electron chi connectivity index (χ0n) is 15.0. The van der Waals surface area contributed by atoms with Gasteiger partial charge in [0.15, 0.2) is 5.69 Å². The third-order valence-electron chi connectivity index (χ3n) is 3.98. The Kier molecular flexibility index (Phi) is 6.25. The third-order valence-corrected chi connectivity index (χ3v) is 4.23. The van der Waals surface area contributed by atoms with Crippen molar-refractivity contribution in [3.8, 4) is 11.4 Å². The number of hydrogen-bond donors (Lipinski definition) is 1. The van der Waals surface area contributed by atoms with E-state index in [4.69, 9.17) is 11.6 Å². The Balaban J connectivity index is 1.87. The fourth-order valence-electron chi connectivity index (χ4n) is 2.70. The van der Waals surface area contributed by atoms with E-state index in [2.05, 4.69) is 15.2 Å². The largest absolute Gasteiger partial charge is 0.434 e. The number of para-hydroxylation sites is 1. The highest BCUT2D eigenvalue weighted by atomic mass is 35.5. The maximum atomic E-state index is 13.7. The van der Waals surface area contributed by atoms with Crippen LogP contribution in [0.1, 0.15) is 21.6 Å². The second-order valence-electron chi connectivity index (χ2n) is 5.96. The SMILES string of the molecule is O=C(NCc1ccccc1OC(F)F)c1cnn(-c2ccc(Cl)cc2)c1C(F)(F)F. The summed E-state index contributed by atoms with van der Waals surface area (Å²) in [6.07, 6.45) is -4.10. The van der Waals surface area contributed by atoms with Crippen molar-refractivity contribution in [3.63, 3.8) is 0 Å². The van der Waals surface area contributed by atoms with Gasteiger partial charge >= 0.3 is 12.8 Å². The lowest BCUT2D eigenvalue weighted by atomic mass is 10.1. The van der Waals surface area contributed by atoms with E-state index >= 15 is 0 Å². The monoisotopic (exact) mass is 445 g/mol. The quantitative estimate of drug-likeness (QED) is 0.539. The molecule has 1 aromatic heterocycles. The van der Waals surface area contributed by atoms with Crippen molar-refractivity contribution in [2.75, 3.05) is 0 Å². The Morgan fingerprint density at radius 2 is 1.80 bits per heavy atom. The van der Waals surface area contributed by atoms with Crippen molar-refractivity contribution in [2.45, 2.75) is 19.3 Å². The lowest BCUT2D eigenvalue weighted by molar-refractivity contribution is -0.143. The van der Waals surface area contributed by atoms with Crippen LogP contribution in [-0.2, 0) is 12.7 Å². The smallest absolute Gasteiger partial charge is 0.434 e. The molecular weight excluding hydrogens is 433 g/mol. The minimum absolute atomic E-state index is 0.0569. The number of amides is 1. The second kappa shape index (κ2) is 8.70. The molecule has 0 saturated heterocycles. The van der Waals surface area contributed by atoms with Gasteiger partial charge in [-0.2, -0.15) is 27.1 Å². The summed E-state index contributed by atoms with van der Waals surface area (Å²) in [6, 6.07) is 11.0. The van der Waals surface area contributed by atoms with Gasteiger partial charge in [-0.1, -0.05) is 29.8 Å². The molecule has 158 valence electrons. The molecule has 0 bridgehead atoms. The summed E-state index contributed by atoms with van der Waals surface area (Å²) in [4.78, 5) is 12.4. The maximum Gasteiger partial charge on any atom is 0.434 e. The average Bonchev–Trinajstić information content (AvgIpc) is 3.13. The highest BCUT2D eigenvalue weighted by Crippen LogP contribution is 2.34. The topological polar surface area (TPSA) is 56.1 Å². The zero-order chi connectivity index (χ0) is 21.9. The van der Waals surface area contributed by atoms with Gasteiger partial charge in [-0.3, -0.25) is 4.79 Å². The standard InChI is InChI=1S/C19H13ClF5N3O2/c20-12-5-7-13(8-6-12)28-16(19(23,24)25)14(10-27-28)17(29)26-9-11-3-1-2-4-15(11)30-18(21)22/h1-8,10,18H,9H2,(H,26,29). The van der Waals surface area contributed by atoms with Crippen LogP contribution in [-0.4, -0.2) is 22.3 Å². The van der Waals surface area contributed by atoms with E-state index < -0.39 is 30.0 Å². The van der Waals surface area contributed by atoms with Crippen LogP contribution in [0.15, 0.2) is 54.7 Å². The summed E-state index contributed by atoms with van der Waals surface area (Å²) in [5.74, 6) is -1.27. The molecule has 1 amide bonds. The van der Waals surface area contributed by atoms with Gasteiger partial charge in [-0.05, 0) is 30.3 Å². The van der Waals surface area contributed by atoms with Crippen LogP contribution in [0, 0.1) is 0 Å². The lowest BCUT2D eigenvalue weighted by Gasteiger charge is -2.14. The van der Waals surface area contributed by atoms with E-state index in [1.54, 1.807) is 0 Å². The molecule has 2 aromatic carbocycles. The lowest BCUT2D eigenvalue weighted by Crippen LogP contribution is -2.26. The fourth-order valence-corrected chi connectivity index (χ4v) is 2.82. The number of nitrogens with one attached hydrogen (secondary N) is 1. The number of carbonyl (C=O) groups is 1. The van der Waals surface area contributed by atoms with E-state index in [1.807, 2.05) is 0 Å². The van der Waals surface area contributed by atoms with E-state index in [0.717, 1.165) is 6.20 Å². The molecule has 3 rings (SSSR count). The first-order chi connectivity index (χ1) is 14.2. The Labute approximate surface area is 172 Å². The van der Waals surface area contributed by atoms with Gasteiger partial charge in [0.05, 0.1) is 17.4 Å². The van der Waals surface area contributed by atoms with Gasteiger partial charge in [0.1, 0.15) is 5.75 Å². The van der Waals surface area contributed by atoms with Gasteiger partial charge in [0.25, 0.3) is 5.91 Å². The molecule has 0 unspecified atom stereocenters. The Hall–Kier alpha value is -3.14. The van der Waals surface area contributed by atoms with E-state index in [1.165, 1.54) is 48.5 Å². The van der Waals surface area contributed by atoms with Crippen LogP contribution in [0.3, 0.4) is 0 Å². The zero-order valence-corrected chi connectivity index (χ0v) is 15.7. The maximum absolute atomic E-state index is 13.7. The first-order valence-corrected chi connectivity index (χ1v) is 8.76. The Morgan fingerprint density at radius 1 is 1.13 bits per heavy atom. The first-order valence-electron chi connectivity index (χ1n) is 8.39. The predicted octanol–water partition coefficient (Wildman–Crippen LogP) is 5.08. The van der Waals surface area contributed by atoms with Crippen molar-refractivity contribution in [3.05, 3.63) is 76.6 Å². The molecule has 1 heterocycles. The molecule has 11 heteroatoms. The van der Waals surface area contributed by atoms with Crippen LogP contribution in [0.4, 0.5) is 22.0 Å². The van der Waals surface area contributed by atoms with Gasteiger partial charge in [-0.15, -0.1) is 0 Å². The molecule has 0 aliphatic rings. The fraction of sp³-hybridized carbons (Fsp3) is 0.158. The molecule has 1 N–H and O–H groups in total. The number of carbonyl (C=O) groups excluding carboxylic acids is 1. The van der Waals surface area contributed by atoms with Crippen molar-refractivity contribution in [2.24, 2.45) is 0 Å². The third kappa shape index (κ3) is 4.88. The summed E-state index contributed by atoms with van der Waals surface area (Å²) in [6.45, 7) is -3.41. The van der Waals surface area contributed by atoms with Gasteiger partial charge < -0.3 is 10.1 Å². The molecular formula is C19H13ClF5N3O2. The van der Waals surface area contributed by atoms with Gasteiger partial charge in [0, 0.05) is 17.1 Å². The number of aromatic nitrogens is 2. The number of alkyl halides is 5. The van der Waals surface area contributed by atoms with Crippen LogP contribution < -0.4 is 10.1 Å². The molecule has 0 saturated carbocycles. The highest BCUT2D eigenvalue weighted by Gasteiger charge is 2.40. The Morgan fingerprint density at radius 3 is 2.43 bits per heavy atom. The van der Waals surface area contributed by atoms with E-state index in [9.17, 15) is 26.7 Å². The molecule has 0 aliphatic heterocycles. The molecule has 0 spiro atoms. The van der Waals surface area contributed by atoms with E-state index in [0.29, 0.717) is 9.70 Å². The van der Waals surface area contributed by atoms with Crippen molar-refractivity contribution < 1.29 is 31.5 Å². The summed E-state index contributed by atoms with van der Waals surface area (Å²) in [7, 11) is 0. The highest BCUT2D eigenvalue weighted by molar-refractivity contribution is 6.30. The Bertz CT molecular complexity index is 1040. The van der Waals surface area contributed by atoms with Crippen molar-refractivity contribution >= 4 is 17.5 Å². The van der Waals surface area contributed by atoms with Gasteiger partial charge in [-0.25, -0.2) is 4.68 Å². The number of ether oxygens (including phenoxy) is 1. The number of hydrogen-bond acceptors (Lipinski definition) is 3. The van der Waals surface area contributed by atoms with Crippen molar-refractivity contribution in [1.29, 1.82) is 0 Å². The van der Waals surface area contributed by atoms with Crippen LogP contribution in [0.2, 0.25) is 5.02 Å². The molecule has 3 aromatic rings. The summed E-state index contributed by atoms with van der Waals surface area (Å²) >= 11 is 5.75. The molecule has 0 radical (unpaired) electrons. The minimum atomic E-state index is -4.89. The van der Waals surface area contributed by atoms with Crippen molar-refractivity contribution in [1.82, 2.24) is 15.1 Å². The number of nitrogens with zero attached hydrogens (tertiary/aromatic N) is 2. The second-order valence-corrected chi connectivity index (χ2v) is 6.40. The number of halogens is 6. The normalized spacial score (nSPS) is 11.6. The molecule has 0 aliphatic carbocycles. The molecule has 5 nitrogen and oxygen atoms in total. The summed E-state index contributed by atoms with van der Waals surface area (Å²) < 4.78 is 70.9. The number of benzene rings is 2. The molecule has 30 heavy (non-hydrogen) atoms. The van der Waals surface area contributed by atoms with Crippen LogP contribution >= 0.6 is 11.6 Å². The van der Waals surface area contributed by atoms with Gasteiger partial charge in [0.2, 0.25) is 0 Å². The number of rotatable bonds is 6. The summed E-state index contributed by atoms with van der Waals surface area (Å²) in [5, 5.41) is 6.28. The minimum Gasteiger partial charge on any atom is -0.434 e.